The average Bonchev–Trinajstić information content (AvgIpc) is 2.79. The van der Waals surface area contributed by atoms with Crippen LogP contribution in [0.15, 0.2) is 30.0 Å². The second-order valence-electron chi connectivity index (χ2n) is 12.8. The lowest BCUT2D eigenvalue weighted by atomic mass is 9.63. The number of hydrogen-bond donors (Lipinski definition) is 2. The predicted octanol–water partition coefficient (Wildman–Crippen LogP) is 6.78. The second-order valence-corrected chi connectivity index (χ2v) is 13.3. The van der Waals surface area contributed by atoms with Crippen LogP contribution in [0.3, 0.4) is 0 Å². The van der Waals surface area contributed by atoms with Gasteiger partial charge in [-0.05, 0) is 110 Å². The van der Waals surface area contributed by atoms with Crippen molar-refractivity contribution in [1.29, 1.82) is 0 Å². The fourth-order valence-electron chi connectivity index (χ4n) is 5.61. The van der Waals surface area contributed by atoms with Gasteiger partial charge in [-0.15, -0.1) is 0 Å². The molecule has 0 unspecified atom stereocenters. The number of nitrogens with one attached hydrogen (secondary N) is 2. The van der Waals surface area contributed by atoms with Gasteiger partial charge in [-0.1, -0.05) is 43.0 Å². The molecule has 1 saturated heterocycles. The van der Waals surface area contributed by atoms with E-state index in [-0.39, 0.29) is 16.9 Å². The van der Waals surface area contributed by atoms with Crippen LogP contribution in [0, 0.1) is 11.3 Å². The highest BCUT2D eigenvalue weighted by atomic mass is 35.5. The van der Waals surface area contributed by atoms with Crippen molar-refractivity contribution in [1.82, 2.24) is 15.5 Å². The number of alkyl carbamates (subject to hydrolysis) is 1. The molecule has 0 spiro atoms. The van der Waals surface area contributed by atoms with Gasteiger partial charge in [0.15, 0.2) is 0 Å². The summed E-state index contributed by atoms with van der Waals surface area (Å²) in [6.45, 7) is 13.9. The van der Waals surface area contributed by atoms with Gasteiger partial charge in [-0.3, -0.25) is 15.0 Å². The van der Waals surface area contributed by atoms with Crippen LogP contribution in [0.4, 0.5) is 4.79 Å². The van der Waals surface area contributed by atoms with Crippen molar-refractivity contribution in [3.63, 3.8) is 0 Å². The van der Waals surface area contributed by atoms with E-state index < -0.39 is 11.7 Å². The molecule has 2 amide bonds. The highest BCUT2D eigenvalue weighted by molar-refractivity contribution is 6.30. The highest BCUT2D eigenvalue weighted by Crippen LogP contribution is 2.46. The first-order valence-electron chi connectivity index (χ1n) is 13.8. The lowest BCUT2D eigenvalue weighted by Gasteiger charge is -2.47. The van der Waals surface area contributed by atoms with Crippen LogP contribution < -0.4 is 10.6 Å². The first kappa shape index (κ1) is 29.5. The van der Waals surface area contributed by atoms with Crippen molar-refractivity contribution >= 4 is 29.7 Å². The Morgan fingerprint density at radius 3 is 2.16 bits per heavy atom. The molecule has 37 heavy (non-hydrogen) atoms. The molecule has 1 aromatic carbocycles. The van der Waals surface area contributed by atoms with E-state index >= 15 is 0 Å². The lowest BCUT2D eigenvalue weighted by molar-refractivity contribution is -0.140. The summed E-state index contributed by atoms with van der Waals surface area (Å²) in [5.41, 5.74) is 0.569. The van der Waals surface area contributed by atoms with E-state index in [1.807, 2.05) is 51.1 Å². The van der Waals surface area contributed by atoms with Gasteiger partial charge >= 0.3 is 6.09 Å². The maximum atomic E-state index is 13.7. The summed E-state index contributed by atoms with van der Waals surface area (Å²) in [6, 6.07) is 7.54. The van der Waals surface area contributed by atoms with E-state index in [0.29, 0.717) is 17.5 Å². The van der Waals surface area contributed by atoms with Crippen molar-refractivity contribution in [3.8, 4) is 0 Å². The van der Waals surface area contributed by atoms with Gasteiger partial charge in [0.2, 0.25) is 5.91 Å². The number of likely N-dealkylation sites (tertiary alicyclic amines) is 1. The van der Waals surface area contributed by atoms with Crippen LogP contribution >= 0.6 is 11.6 Å². The van der Waals surface area contributed by atoms with Crippen LogP contribution in [-0.2, 0) is 9.53 Å². The molecule has 1 aliphatic heterocycles. The third-order valence-corrected chi connectivity index (χ3v) is 7.59. The van der Waals surface area contributed by atoms with Gasteiger partial charge in [0.1, 0.15) is 5.60 Å². The van der Waals surface area contributed by atoms with E-state index in [1.54, 1.807) is 0 Å². The Labute approximate surface area is 228 Å². The van der Waals surface area contributed by atoms with Crippen molar-refractivity contribution in [2.75, 3.05) is 19.6 Å². The van der Waals surface area contributed by atoms with Gasteiger partial charge < -0.3 is 10.1 Å². The van der Waals surface area contributed by atoms with Gasteiger partial charge in [0.05, 0.1) is 5.41 Å². The molecule has 0 atom stereocenters. The SMILES string of the molecule is CC(C)(C)NC(=O)C1(C2CCCCC2)CCN(C/C(=C/c2ccc(Cl)cc2)NC(=O)OC(C)(C)C)CC1. The van der Waals surface area contributed by atoms with Crippen molar-refractivity contribution in [2.24, 2.45) is 11.3 Å². The van der Waals surface area contributed by atoms with E-state index in [1.165, 1.54) is 19.3 Å². The highest BCUT2D eigenvalue weighted by Gasteiger charge is 2.48. The number of benzene rings is 1. The smallest absolute Gasteiger partial charge is 0.411 e. The Morgan fingerprint density at radius 2 is 1.62 bits per heavy atom. The molecule has 1 aliphatic carbocycles. The zero-order valence-electron chi connectivity index (χ0n) is 23.6. The minimum Gasteiger partial charge on any atom is -0.444 e. The van der Waals surface area contributed by atoms with Crippen LogP contribution in [0.1, 0.15) is 92.1 Å². The molecule has 2 fully saturated rings. The molecule has 1 heterocycles. The quantitative estimate of drug-likeness (QED) is 0.424. The summed E-state index contributed by atoms with van der Waals surface area (Å²) in [5, 5.41) is 6.95. The number of rotatable bonds is 6. The van der Waals surface area contributed by atoms with E-state index in [2.05, 4.69) is 36.3 Å². The van der Waals surface area contributed by atoms with Gasteiger partial charge in [-0.25, -0.2) is 4.79 Å². The number of halogens is 1. The predicted molar refractivity (Wildman–Crippen MR) is 151 cm³/mol. The Kier molecular flexibility index (Phi) is 9.73. The molecule has 2 N–H and O–H groups in total. The maximum Gasteiger partial charge on any atom is 0.411 e. The zero-order chi connectivity index (χ0) is 27.3. The third-order valence-electron chi connectivity index (χ3n) is 7.34. The molecule has 7 heteroatoms. The molecule has 0 bridgehead atoms. The molecule has 206 valence electrons. The Hall–Kier alpha value is -2.05. The van der Waals surface area contributed by atoms with Crippen molar-refractivity contribution < 1.29 is 14.3 Å². The zero-order valence-corrected chi connectivity index (χ0v) is 24.3. The molecule has 3 rings (SSSR count). The molecular weight excluding hydrogens is 486 g/mol. The normalized spacial score (nSPS) is 19.8. The number of nitrogens with zero attached hydrogens (tertiary/aromatic N) is 1. The number of amides is 2. The minimum absolute atomic E-state index is 0.218. The van der Waals surface area contributed by atoms with E-state index in [4.69, 9.17) is 16.3 Å². The summed E-state index contributed by atoms with van der Waals surface area (Å²) in [4.78, 5) is 28.6. The summed E-state index contributed by atoms with van der Waals surface area (Å²) in [5.74, 6) is 0.657. The maximum absolute atomic E-state index is 13.7. The third kappa shape index (κ3) is 9.03. The number of piperidine rings is 1. The number of hydrogen-bond acceptors (Lipinski definition) is 4. The van der Waals surface area contributed by atoms with Gasteiger partial charge in [0, 0.05) is 22.8 Å². The number of carbonyl (C=O) groups excluding carboxylic acids is 2. The molecule has 2 aliphatic rings. The molecular formula is C30H46ClN3O3. The lowest BCUT2D eigenvalue weighted by Crippen LogP contribution is -2.56. The molecule has 6 nitrogen and oxygen atoms in total. The fraction of sp³-hybridized carbons (Fsp3) is 0.667. The first-order chi connectivity index (χ1) is 17.3. The second kappa shape index (κ2) is 12.2. The standard InChI is InChI=1S/C30H46ClN3O3/c1-28(2,3)33-26(35)30(23-10-8-7-9-11-23)16-18-34(19-17-30)21-25(32-27(36)37-29(4,5)6)20-22-12-14-24(31)15-13-22/h12-15,20,23H,7-11,16-19,21H2,1-6H3,(H,32,36)(H,33,35)/b25-20-. The van der Waals surface area contributed by atoms with Crippen LogP contribution in [-0.4, -0.2) is 47.7 Å². The number of carbonyl (C=O) groups is 2. The van der Waals surface area contributed by atoms with Crippen LogP contribution in [0.5, 0.6) is 0 Å². The molecule has 0 radical (unpaired) electrons. The van der Waals surface area contributed by atoms with Crippen LogP contribution in [0.25, 0.3) is 6.08 Å². The molecule has 1 saturated carbocycles. The summed E-state index contributed by atoms with van der Waals surface area (Å²) in [7, 11) is 0. The Balaban J connectivity index is 1.76. The summed E-state index contributed by atoms with van der Waals surface area (Å²) >= 11 is 6.07. The van der Waals surface area contributed by atoms with Crippen molar-refractivity contribution in [3.05, 3.63) is 40.5 Å². The summed E-state index contributed by atoms with van der Waals surface area (Å²) < 4.78 is 5.52. The Bertz CT molecular complexity index is 946. The minimum atomic E-state index is -0.583. The van der Waals surface area contributed by atoms with Gasteiger partial charge in [0.25, 0.3) is 0 Å². The van der Waals surface area contributed by atoms with Crippen LogP contribution in [0.2, 0.25) is 5.02 Å². The largest absolute Gasteiger partial charge is 0.444 e. The Morgan fingerprint density at radius 1 is 1.03 bits per heavy atom. The van der Waals surface area contributed by atoms with E-state index in [9.17, 15) is 9.59 Å². The number of ether oxygens (including phenoxy) is 1. The fourth-order valence-corrected chi connectivity index (χ4v) is 5.73. The molecule has 1 aromatic rings. The average molecular weight is 532 g/mol. The molecule has 0 aromatic heterocycles. The monoisotopic (exact) mass is 531 g/mol. The van der Waals surface area contributed by atoms with E-state index in [0.717, 1.165) is 50.0 Å². The summed E-state index contributed by atoms with van der Waals surface area (Å²) in [6.07, 6.45) is 9.15. The van der Waals surface area contributed by atoms with Gasteiger partial charge in [-0.2, -0.15) is 0 Å². The first-order valence-corrected chi connectivity index (χ1v) is 14.1. The van der Waals surface area contributed by atoms with Crippen molar-refractivity contribution in [2.45, 2.75) is 97.6 Å². The topological polar surface area (TPSA) is 70.7 Å².